The second-order valence-corrected chi connectivity index (χ2v) is 3.44. The first-order valence-corrected chi connectivity index (χ1v) is 4.65. The molecule has 0 spiro atoms. The topological polar surface area (TPSA) is 69.4 Å². The van der Waals surface area contributed by atoms with Crippen molar-refractivity contribution in [2.45, 2.75) is 38.2 Å². The Morgan fingerprint density at radius 2 is 2.00 bits per heavy atom. The molecule has 1 fully saturated rings. The SMILES string of the molecule is NC(=O)OC(C=O)C1CCCCC1. The minimum atomic E-state index is -0.859. The van der Waals surface area contributed by atoms with E-state index in [0.717, 1.165) is 25.7 Å². The van der Waals surface area contributed by atoms with Crippen molar-refractivity contribution in [3.63, 3.8) is 0 Å². The van der Waals surface area contributed by atoms with Crippen molar-refractivity contribution in [2.24, 2.45) is 11.7 Å². The molecule has 0 bridgehead atoms. The van der Waals surface area contributed by atoms with Crippen molar-refractivity contribution in [1.82, 2.24) is 0 Å². The Morgan fingerprint density at radius 1 is 1.38 bits per heavy atom. The Kier molecular flexibility index (Phi) is 3.73. The molecule has 1 aliphatic rings. The number of carbonyl (C=O) groups is 2. The van der Waals surface area contributed by atoms with Crippen molar-refractivity contribution in [2.75, 3.05) is 0 Å². The lowest BCUT2D eigenvalue weighted by Crippen LogP contribution is -2.32. The number of carbonyl (C=O) groups excluding carboxylic acids is 2. The molecule has 1 aliphatic carbocycles. The van der Waals surface area contributed by atoms with Gasteiger partial charge in [0.2, 0.25) is 0 Å². The van der Waals surface area contributed by atoms with E-state index in [1.54, 1.807) is 0 Å². The van der Waals surface area contributed by atoms with Crippen LogP contribution in [0.5, 0.6) is 0 Å². The zero-order valence-electron chi connectivity index (χ0n) is 7.57. The maximum atomic E-state index is 10.6. The number of primary amides is 1. The monoisotopic (exact) mass is 185 g/mol. The Labute approximate surface area is 77.4 Å². The fraction of sp³-hybridized carbons (Fsp3) is 0.778. The van der Waals surface area contributed by atoms with Gasteiger partial charge in [-0.1, -0.05) is 19.3 Å². The summed E-state index contributed by atoms with van der Waals surface area (Å²) in [5.74, 6) is 0.179. The highest BCUT2D eigenvalue weighted by atomic mass is 16.6. The Bertz CT molecular complexity index is 187. The molecule has 13 heavy (non-hydrogen) atoms. The third kappa shape index (κ3) is 3.05. The summed E-state index contributed by atoms with van der Waals surface area (Å²) in [5, 5.41) is 0. The smallest absolute Gasteiger partial charge is 0.405 e. The van der Waals surface area contributed by atoms with E-state index < -0.39 is 12.2 Å². The van der Waals surface area contributed by atoms with Crippen LogP contribution in [0.4, 0.5) is 4.79 Å². The fourth-order valence-corrected chi connectivity index (χ4v) is 1.83. The lowest BCUT2D eigenvalue weighted by molar-refractivity contribution is -0.118. The summed E-state index contributed by atoms with van der Waals surface area (Å²) in [7, 11) is 0. The first-order valence-electron chi connectivity index (χ1n) is 4.65. The van der Waals surface area contributed by atoms with E-state index in [1.165, 1.54) is 6.42 Å². The molecule has 0 aromatic carbocycles. The van der Waals surface area contributed by atoms with Crippen LogP contribution in [0.25, 0.3) is 0 Å². The Morgan fingerprint density at radius 3 is 2.46 bits per heavy atom. The van der Waals surface area contributed by atoms with Crippen LogP contribution in [0.1, 0.15) is 32.1 Å². The van der Waals surface area contributed by atoms with Crippen LogP contribution in [0.2, 0.25) is 0 Å². The molecule has 0 saturated heterocycles. The Hall–Kier alpha value is -1.06. The van der Waals surface area contributed by atoms with E-state index in [9.17, 15) is 9.59 Å². The largest absolute Gasteiger partial charge is 0.438 e. The zero-order chi connectivity index (χ0) is 9.68. The maximum Gasteiger partial charge on any atom is 0.405 e. The highest BCUT2D eigenvalue weighted by Gasteiger charge is 2.25. The average Bonchev–Trinajstić information content (AvgIpc) is 2.15. The molecule has 1 atom stereocenters. The Balaban J connectivity index is 2.43. The van der Waals surface area contributed by atoms with E-state index in [-0.39, 0.29) is 5.92 Å². The molecular weight excluding hydrogens is 170 g/mol. The minimum Gasteiger partial charge on any atom is -0.438 e. The van der Waals surface area contributed by atoms with Crippen LogP contribution in [-0.2, 0) is 9.53 Å². The fourth-order valence-electron chi connectivity index (χ4n) is 1.83. The highest BCUT2D eigenvalue weighted by molar-refractivity contribution is 5.69. The van der Waals surface area contributed by atoms with Gasteiger partial charge in [0.25, 0.3) is 0 Å². The highest BCUT2D eigenvalue weighted by Crippen LogP contribution is 2.27. The molecule has 1 amide bonds. The van der Waals surface area contributed by atoms with Gasteiger partial charge in [-0.05, 0) is 12.8 Å². The lowest BCUT2D eigenvalue weighted by atomic mass is 9.86. The van der Waals surface area contributed by atoms with Gasteiger partial charge in [0.1, 0.15) is 0 Å². The molecule has 1 saturated carbocycles. The molecule has 0 heterocycles. The normalized spacial score (nSPS) is 20.6. The van der Waals surface area contributed by atoms with Crippen LogP contribution >= 0.6 is 0 Å². The maximum absolute atomic E-state index is 10.6. The van der Waals surface area contributed by atoms with E-state index >= 15 is 0 Å². The first kappa shape index (κ1) is 10.0. The molecule has 0 aromatic rings. The number of nitrogens with two attached hydrogens (primary N) is 1. The molecule has 4 heteroatoms. The number of hydrogen-bond acceptors (Lipinski definition) is 3. The van der Waals surface area contributed by atoms with Gasteiger partial charge in [-0.2, -0.15) is 0 Å². The number of hydrogen-bond donors (Lipinski definition) is 1. The van der Waals surface area contributed by atoms with Crippen molar-refractivity contribution in [3.8, 4) is 0 Å². The van der Waals surface area contributed by atoms with Crippen LogP contribution in [0, 0.1) is 5.92 Å². The van der Waals surface area contributed by atoms with E-state index in [1.807, 2.05) is 0 Å². The molecule has 0 radical (unpaired) electrons. The van der Waals surface area contributed by atoms with Crippen LogP contribution in [0.3, 0.4) is 0 Å². The predicted molar refractivity (Wildman–Crippen MR) is 47.1 cm³/mol. The van der Waals surface area contributed by atoms with Gasteiger partial charge in [-0.15, -0.1) is 0 Å². The molecular formula is C9H15NO3. The van der Waals surface area contributed by atoms with Crippen LogP contribution in [-0.4, -0.2) is 18.5 Å². The molecule has 0 aliphatic heterocycles. The van der Waals surface area contributed by atoms with Gasteiger partial charge < -0.3 is 10.5 Å². The molecule has 0 aromatic heterocycles. The van der Waals surface area contributed by atoms with Gasteiger partial charge in [0.05, 0.1) is 0 Å². The quantitative estimate of drug-likeness (QED) is 0.672. The third-order valence-electron chi connectivity index (χ3n) is 2.50. The van der Waals surface area contributed by atoms with E-state index in [2.05, 4.69) is 0 Å². The molecule has 1 unspecified atom stereocenters. The molecule has 4 nitrogen and oxygen atoms in total. The lowest BCUT2D eigenvalue weighted by Gasteiger charge is -2.25. The van der Waals surface area contributed by atoms with E-state index in [4.69, 9.17) is 10.5 Å². The number of amides is 1. The third-order valence-corrected chi connectivity index (χ3v) is 2.50. The first-order chi connectivity index (χ1) is 6.24. The molecule has 1 rings (SSSR count). The summed E-state index contributed by atoms with van der Waals surface area (Å²) in [6.07, 6.45) is 4.53. The summed E-state index contributed by atoms with van der Waals surface area (Å²) in [5.41, 5.74) is 4.86. The predicted octanol–water partition coefficient (Wildman–Crippen LogP) is 1.23. The number of rotatable bonds is 3. The summed E-state index contributed by atoms with van der Waals surface area (Å²) in [6, 6.07) is 0. The van der Waals surface area contributed by atoms with Gasteiger partial charge in [-0.3, -0.25) is 4.79 Å². The summed E-state index contributed by atoms with van der Waals surface area (Å²) in [6.45, 7) is 0. The van der Waals surface area contributed by atoms with Gasteiger partial charge >= 0.3 is 6.09 Å². The van der Waals surface area contributed by atoms with Crippen LogP contribution in [0.15, 0.2) is 0 Å². The van der Waals surface area contributed by atoms with Crippen molar-refractivity contribution < 1.29 is 14.3 Å². The average molecular weight is 185 g/mol. The summed E-state index contributed by atoms with van der Waals surface area (Å²) >= 11 is 0. The second-order valence-electron chi connectivity index (χ2n) is 3.44. The van der Waals surface area contributed by atoms with Crippen molar-refractivity contribution in [1.29, 1.82) is 0 Å². The number of ether oxygens (including phenoxy) is 1. The van der Waals surface area contributed by atoms with Crippen molar-refractivity contribution in [3.05, 3.63) is 0 Å². The van der Waals surface area contributed by atoms with Gasteiger partial charge in [0.15, 0.2) is 12.4 Å². The standard InChI is InChI=1S/C9H15NO3/c10-9(12)13-8(6-11)7-4-2-1-3-5-7/h6-8H,1-5H2,(H2,10,12). The molecule has 74 valence electrons. The summed E-state index contributed by atoms with van der Waals surface area (Å²) in [4.78, 5) is 21.1. The summed E-state index contributed by atoms with van der Waals surface area (Å²) < 4.78 is 4.71. The second kappa shape index (κ2) is 4.84. The van der Waals surface area contributed by atoms with Gasteiger partial charge in [0, 0.05) is 5.92 Å². The van der Waals surface area contributed by atoms with E-state index in [0.29, 0.717) is 6.29 Å². The van der Waals surface area contributed by atoms with Crippen molar-refractivity contribution >= 4 is 12.4 Å². The molecule has 2 N–H and O–H groups in total. The zero-order valence-corrected chi connectivity index (χ0v) is 7.57. The minimum absolute atomic E-state index is 0.179. The van der Waals surface area contributed by atoms with Gasteiger partial charge in [-0.25, -0.2) is 4.79 Å². The van der Waals surface area contributed by atoms with Crippen LogP contribution < -0.4 is 5.73 Å². The number of aldehydes is 1.